The predicted octanol–water partition coefficient (Wildman–Crippen LogP) is 3.47. The fourth-order valence-corrected chi connectivity index (χ4v) is 2.94. The van der Waals surface area contributed by atoms with Gasteiger partial charge in [-0.1, -0.05) is 12.1 Å². The third-order valence-electron chi connectivity index (χ3n) is 3.22. The molecule has 7 heteroatoms. The van der Waals surface area contributed by atoms with E-state index in [1.807, 2.05) is 19.1 Å². The zero-order valence-corrected chi connectivity index (χ0v) is 13.2. The van der Waals surface area contributed by atoms with Crippen LogP contribution < -0.4 is 5.32 Å². The van der Waals surface area contributed by atoms with Gasteiger partial charge in [-0.05, 0) is 36.8 Å². The molecule has 0 aliphatic heterocycles. The highest BCUT2D eigenvalue weighted by molar-refractivity contribution is 7.12. The molecule has 0 aliphatic rings. The molecule has 0 saturated heterocycles. The van der Waals surface area contributed by atoms with E-state index in [0.29, 0.717) is 0 Å². The van der Waals surface area contributed by atoms with Crippen LogP contribution in [0.5, 0.6) is 0 Å². The molecule has 1 aromatic heterocycles. The number of carbonyl (C=O) groups excluding carboxylic acids is 1. The maximum absolute atomic E-state index is 12.6. The molecule has 23 heavy (non-hydrogen) atoms. The molecule has 2 rings (SSSR count). The van der Waals surface area contributed by atoms with Crippen molar-refractivity contribution < 1.29 is 23.1 Å². The van der Waals surface area contributed by atoms with Crippen molar-refractivity contribution in [3.05, 3.63) is 57.3 Å². The Bertz CT molecular complexity index is 682. The summed E-state index contributed by atoms with van der Waals surface area (Å²) in [5.74, 6) is -0.280. The molecule has 2 N–H and O–H groups in total. The lowest BCUT2D eigenvalue weighted by molar-refractivity contribution is -0.137. The second kappa shape index (κ2) is 7.14. The highest BCUT2D eigenvalue weighted by Crippen LogP contribution is 2.30. The average molecular weight is 343 g/mol. The van der Waals surface area contributed by atoms with E-state index >= 15 is 0 Å². The van der Waals surface area contributed by atoms with Gasteiger partial charge in [0.05, 0.1) is 18.1 Å². The van der Waals surface area contributed by atoms with Gasteiger partial charge in [0, 0.05) is 16.3 Å². The van der Waals surface area contributed by atoms with E-state index in [1.54, 1.807) is 0 Å². The molecule has 0 fully saturated rings. The number of alkyl halides is 3. The van der Waals surface area contributed by atoms with Gasteiger partial charge in [0.15, 0.2) is 0 Å². The number of hydrogen-bond donors (Lipinski definition) is 2. The quantitative estimate of drug-likeness (QED) is 0.873. The molecule has 1 aromatic carbocycles. The van der Waals surface area contributed by atoms with Crippen molar-refractivity contribution >= 4 is 17.2 Å². The highest BCUT2D eigenvalue weighted by atomic mass is 32.1. The Labute approximate surface area is 135 Å². The first kappa shape index (κ1) is 17.5. The van der Waals surface area contributed by atoms with Gasteiger partial charge in [-0.15, -0.1) is 11.3 Å². The van der Waals surface area contributed by atoms with E-state index < -0.39 is 17.8 Å². The number of benzene rings is 1. The molecule has 0 aliphatic carbocycles. The lowest BCUT2D eigenvalue weighted by atomic mass is 10.1. The summed E-state index contributed by atoms with van der Waals surface area (Å²) in [6.07, 6.45) is -5.46. The van der Waals surface area contributed by atoms with Gasteiger partial charge in [0.1, 0.15) is 0 Å². The molecule has 124 valence electrons. The minimum absolute atomic E-state index is 0.118. The summed E-state index contributed by atoms with van der Waals surface area (Å²) in [6.45, 7) is 1.80. The van der Waals surface area contributed by atoms with Gasteiger partial charge in [0.25, 0.3) is 0 Å². The number of nitrogens with one attached hydrogen (secondary N) is 1. The summed E-state index contributed by atoms with van der Waals surface area (Å²) in [5.41, 5.74) is -0.707. The number of aliphatic hydroxyl groups is 1. The second-order valence-corrected chi connectivity index (χ2v) is 6.50. The lowest BCUT2D eigenvalue weighted by Gasteiger charge is -2.14. The van der Waals surface area contributed by atoms with Crippen LogP contribution in [-0.4, -0.2) is 17.6 Å². The van der Waals surface area contributed by atoms with E-state index in [4.69, 9.17) is 0 Å². The molecule has 1 amide bonds. The van der Waals surface area contributed by atoms with Gasteiger partial charge < -0.3 is 10.4 Å². The largest absolute Gasteiger partial charge is 0.416 e. The summed E-state index contributed by atoms with van der Waals surface area (Å²) in [4.78, 5) is 13.8. The second-order valence-electron chi connectivity index (χ2n) is 5.13. The molecule has 1 unspecified atom stereocenters. The third kappa shape index (κ3) is 5.07. The summed E-state index contributed by atoms with van der Waals surface area (Å²) in [5, 5.41) is 12.5. The average Bonchev–Trinajstić information content (AvgIpc) is 2.89. The van der Waals surface area contributed by atoms with Crippen molar-refractivity contribution in [3.8, 4) is 0 Å². The predicted molar refractivity (Wildman–Crippen MR) is 82.2 cm³/mol. The first-order valence-electron chi connectivity index (χ1n) is 6.93. The Morgan fingerprint density at radius 1 is 1.30 bits per heavy atom. The van der Waals surface area contributed by atoms with Crippen LogP contribution in [0, 0.1) is 6.92 Å². The summed E-state index contributed by atoms with van der Waals surface area (Å²) in [7, 11) is 0. The molecule has 0 radical (unpaired) electrons. The number of rotatable bonds is 5. The van der Waals surface area contributed by atoms with Crippen molar-refractivity contribution in [3.63, 3.8) is 0 Å². The Hall–Kier alpha value is -1.86. The van der Waals surface area contributed by atoms with Crippen molar-refractivity contribution in [2.45, 2.75) is 25.6 Å². The van der Waals surface area contributed by atoms with E-state index in [0.717, 1.165) is 21.9 Å². The minimum Gasteiger partial charge on any atom is -0.387 e. The molecule has 0 bridgehead atoms. The van der Waals surface area contributed by atoms with Crippen molar-refractivity contribution in [2.24, 2.45) is 0 Å². The highest BCUT2D eigenvalue weighted by Gasteiger charge is 2.30. The molecular formula is C16H16F3NO2S. The Morgan fingerprint density at radius 3 is 2.65 bits per heavy atom. The van der Waals surface area contributed by atoms with Gasteiger partial charge in [-0.2, -0.15) is 13.2 Å². The number of carbonyl (C=O) groups is 1. The van der Waals surface area contributed by atoms with E-state index in [1.165, 1.54) is 23.5 Å². The first-order chi connectivity index (χ1) is 10.8. The van der Waals surface area contributed by atoms with Crippen LogP contribution in [0.15, 0.2) is 36.4 Å². The van der Waals surface area contributed by atoms with Crippen molar-refractivity contribution in [1.82, 2.24) is 5.32 Å². The topological polar surface area (TPSA) is 49.3 Å². The molecular weight excluding hydrogens is 327 g/mol. The number of amides is 1. The number of halogens is 3. The summed E-state index contributed by atoms with van der Waals surface area (Å²) < 4.78 is 37.9. The molecule has 3 nitrogen and oxygen atoms in total. The maximum Gasteiger partial charge on any atom is 0.416 e. The van der Waals surface area contributed by atoms with E-state index in [9.17, 15) is 23.1 Å². The van der Waals surface area contributed by atoms with Crippen LogP contribution in [-0.2, 0) is 17.4 Å². The van der Waals surface area contributed by atoms with E-state index in [-0.39, 0.29) is 24.4 Å². The standard InChI is InChI=1S/C16H16F3NO2S/c1-10-5-6-13(23-10)8-15(22)20-9-14(21)11-3-2-4-12(7-11)16(17,18)19/h2-7,14,21H,8-9H2,1H3,(H,20,22). The van der Waals surface area contributed by atoms with Crippen molar-refractivity contribution in [2.75, 3.05) is 6.54 Å². The van der Waals surface area contributed by atoms with Crippen LogP contribution in [0.1, 0.15) is 27.0 Å². The van der Waals surface area contributed by atoms with Crippen LogP contribution in [0.2, 0.25) is 0 Å². The fraction of sp³-hybridized carbons (Fsp3) is 0.312. The third-order valence-corrected chi connectivity index (χ3v) is 4.22. The van der Waals surface area contributed by atoms with Crippen molar-refractivity contribution in [1.29, 1.82) is 0 Å². The molecule has 1 atom stereocenters. The van der Waals surface area contributed by atoms with Crippen LogP contribution in [0.4, 0.5) is 13.2 Å². The van der Waals surface area contributed by atoms with Crippen LogP contribution in [0.3, 0.4) is 0 Å². The van der Waals surface area contributed by atoms with Gasteiger partial charge in [0.2, 0.25) is 5.91 Å². The van der Waals surface area contributed by atoms with Crippen LogP contribution >= 0.6 is 11.3 Å². The normalized spacial score (nSPS) is 12.9. The summed E-state index contributed by atoms with van der Waals surface area (Å²) >= 11 is 1.50. The van der Waals surface area contributed by atoms with E-state index in [2.05, 4.69) is 5.32 Å². The maximum atomic E-state index is 12.6. The number of aliphatic hydroxyl groups excluding tert-OH is 1. The Kier molecular flexibility index (Phi) is 5.43. The molecule has 0 saturated carbocycles. The van der Waals surface area contributed by atoms with Gasteiger partial charge in [-0.25, -0.2) is 0 Å². The SMILES string of the molecule is Cc1ccc(CC(=O)NCC(O)c2cccc(C(F)(F)F)c2)s1. The number of aryl methyl sites for hydroxylation is 1. The monoisotopic (exact) mass is 343 g/mol. The number of thiophene rings is 1. The lowest BCUT2D eigenvalue weighted by Crippen LogP contribution is -2.29. The van der Waals surface area contributed by atoms with Gasteiger partial charge in [-0.3, -0.25) is 4.79 Å². The first-order valence-corrected chi connectivity index (χ1v) is 7.74. The Balaban J connectivity index is 1.91. The smallest absolute Gasteiger partial charge is 0.387 e. The van der Waals surface area contributed by atoms with Crippen LogP contribution in [0.25, 0.3) is 0 Å². The fourth-order valence-electron chi connectivity index (χ4n) is 2.05. The zero-order chi connectivity index (χ0) is 17.0. The number of hydrogen-bond acceptors (Lipinski definition) is 3. The zero-order valence-electron chi connectivity index (χ0n) is 12.4. The summed E-state index contributed by atoms with van der Waals surface area (Å²) in [6, 6.07) is 8.22. The molecule has 0 spiro atoms. The molecule has 1 heterocycles. The molecule has 2 aromatic rings. The van der Waals surface area contributed by atoms with Gasteiger partial charge >= 0.3 is 6.18 Å². The minimum atomic E-state index is -4.46. The Morgan fingerprint density at radius 2 is 2.04 bits per heavy atom.